The van der Waals surface area contributed by atoms with Gasteiger partial charge in [-0.2, -0.15) is 0 Å². The SMILES string of the molecule is CC1=CCC(C(C)(I)CI)CC1. The summed E-state index contributed by atoms with van der Waals surface area (Å²) >= 11 is 5.14. The van der Waals surface area contributed by atoms with Gasteiger partial charge in [-0.1, -0.05) is 56.8 Å². The summed E-state index contributed by atoms with van der Waals surface area (Å²) < 4.78 is 1.78. The summed E-state index contributed by atoms with van der Waals surface area (Å²) in [5.74, 6) is 0.902. The van der Waals surface area contributed by atoms with E-state index in [0.717, 1.165) is 5.92 Å². The molecule has 2 heteroatoms. The van der Waals surface area contributed by atoms with Crippen LogP contribution in [0, 0.1) is 5.92 Å². The van der Waals surface area contributed by atoms with Crippen LogP contribution in [0.25, 0.3) is 0 Å². The summed E-state index contributed by atoms with van der Waals surface area (Å²) in [6.07, 6.45) is 6.44. The Morgan fingerprint density at radius 2 is 2.33 bits per heavy atom. The van der Waals surface area contributed by atoms with Crippen molar-refractivity contribution in [2.24, 2.45) is 5.92 Å². The predicted molar refractivity (Wildman–Crippen MR) is 72.4 cm³/mol. The Balaban J connectivity index is 2.56. The van der Waals surface area contributed by atoms with Gasteiger partial charge in [0.15, 0.2) is 0 Å². The average molecular weight is 390 g/mol. The number of allylic oxidation sites excluding steroid dienone is 2. The Morgan fingerprint density at radius 3 is 2.75 bits per heavy atom. The van der Waals surface area contributed by atoms with Gasteiger partial charge in [-0.15, -0.1) is 0 Å². The highest BCUT2D eigenvalue weighted by atomic mass is 127. The van der Waals surface area contributed by atoms with E-state index >= 15 is 0 Å². The van der Waals surface area contributed by atoms with Crippen molar-refractivity contribution < 1.29 is 0 Å². The zero-order valence-corrected chi connectivity index (χ0v) is 12.1. The van der Waals surface area contributed by atoms with Crippen LogP contribution in [-0.2, 0) is 0 Å². The normalized spacial score (nSPS) is 29.3. The smallest absolute Gasteiger partial charge is 0.0314 e. The topological polar surface area (TPSA) is 0 Å². The fourth-order valence-electron chi connectivity index (χ4n) is 1.62. The Hall–Kier alpha value is 1.20. The van der Waals surface area contributed by atoms with E-state index in [2.05, 4.69) is 65.1 Å². The van der Waals surface area contributed by atoms with Crippen molar-refractivity contribution in [3.8, 4) is 0 Å². The lowest BCUT2D eigenvalue weighted by Crippen LogP contribution is -2.30. The quantitative estimate of drug-likeness (QED) is 0.374. The van der Waals surface area contributed by atoms with Crippen molar-refractivity contribution in [3.05, 3.63) is 11.6 Å². The van der Waals surface area contributed by atoms with Crippen LogP contribution in [0.4, 0.5) is 0 Å². The van der Waals surface area contributed by atoms with Gasteiger partial charge in [-0.25, -0.2) is 0 Å². The van der Waals surface area contributed by atoms with Crippen molar-refractivity contribution in [2.45, 2.75) is 36.5 Å². The lowest BCUT2D eigenvalue weighted by molar-refractivity contribution is 0.407. The minimum Gasteiger partial charge on any atom is -0.0853 e. The van der Waals surface area contributed by atoms with Crippen LogP contribution in [0.3, 0.4) is 0 Å². The van der Waals surface area contributed by atoms with Gasteiger partial charge in [-0.05, 0) is 39.0 Å². The summed E-state index contributed by atoms with van der Waals surface area (Å²) in [4.78, 5) is 0. The molecule has 0 aromatic carbocycles. The highest BCUT2D eigenvalue weighted by Crippen LogP contribution is 2.39. The van der Waals surface area contributed by atoms with Gasteiger partial charge in [0, 0.05) is 7.85 Å². The molecule has 0 saturated carbocycles. The van der Waals surface area contributed by atoms with Gasteiger partial charge in [0.2, 0.25) is 0 Å². The number of hydrogen-bond acceptors (Lipinski definition) is 0. The molecule has 0 spiro atoms. The standard InChI is InChI=1S/C10H16I2/c1-8-3-5-9(6-4-8)10(2,12)7-11/h3,9H,4-7H2,1-2H3. The van der Waals surface area contributed by atoms with Crippen molar-refractivity contribution in [3.63, 3.8) is 0 Å². The summed E-state index contributed by atoms with van der Waals surface area (Å²) in [6.45, 7) is 4.64. The second-order valence-electron chi connectivity index (χ2n) is 3.93. The molecule has 0 radical (unpaired) electrons. The summed E-state index contributed by atoms with van der Waals surface area (Å²) in [7, 11) is 0. The van der Waals surface area contributed by atoms with Crippen molar-refractivity contribution in [1.29, 1.82) is 0 Å². The van der Waals surface area contributed by atoms with Gasteiger partial charge >= 0.3 is 0 Å². The van der Waals surface area contributed by atoms with E-state index in [1.54, 1.807) is 5.57 Å². The number of alkyl halides is 2. The molecule has 1 rings (SSSR count). The molecule has 0 aliphatic heterocycles. The number of rotatable bonds is 2. The molecule has 2 atom stereocenters. The molecule has 1 aliphatic carbocycles. The minimum absolute atomic E-state index is 0.509. The lowest BCUT2D eigenvalue weighted by atomic mass is 9.83. The van der Waals surface area contributed by atoms with E-state index in [4.69, 9.17) is 0 Å². The molecule has 1 aliphatic rings. The van der Waals surface area contributed by atoms with E-state index in [1.165, 1.54) is 23.7 Å². The van der Waals surface area contributed by atoms with Crippen LogP contribution >= 0.6 is 45.2 Å². The Kier molecular flexibility index (Phi) is 4.34. The van der Waals surface area contributed by atoms with E-state index < -0.39 is 0 Å². The first-order chi connectivity index (χ1) is 5.56. The van der Waals surface area contributed by atoms with Gasteiger partial charge in [-0.3, -0.25) is 0 Å². The zero-order chi connectivity index (χ0) is 9.19. The fourth-order valence-corrected chi connectivity index (χ4v) is 2.81. The van der Waals surface area contributed by atoms with Crippen molar-refractivity contribution in [1.82, 2.24) is 0 Å². The van der Waals surface area contributed by atoms with Crippen LogP contribution in [-0.4, -0.2) is 7.85 Å². The van der Waals surface area contributed by atoms with Crippen molar-refractivity contribution in [2.75, 3.05) is 4.43 Å². The average Bonchev–Trinajstić information content (AvgIpc) is 2.05. The van der Waals surface area contributed by atoms with E-state index in [1.807, 2.05) is 0 Å². The summed E-state index contributed by atoms with van der Waals surface area (Å²) in [5.41, 5.74) is 1.59. The molecule has 0 N–H and O–H groups in total. The molecule has 0 bridgehead atoms. The van der Waals surface area contributed by atoms with E-state index in [0.29, 0.717) is 3.42 Å². The Morgan fingerprint density at radius 1 is 1.67 bits per heavy atom. The molecule has 0 aromatic rings. The fraction of sp³-hybridized carbons (Fsp3) is 0.800. The predicted octanol–water partition coefficient (Wildman–Crippen LogP) is 4.36. The van der Waals surface area contributed by atoms with Crippen molar-refractivity contribution >= 4 is 45.2 Å². The minimum atomic E-state index is 0.509. The highest BCUT2D eigenvalue weighted by Gasteiger charge is 2.30. The third-order valence-electron chi connectivity index (χ3n) is 2.75. The first kappa shape index (κ1) is 11.3. The van der Waals surface area contributed by atoms with Crippen LogP contribution < -0.4 is 0 Å². The number of hydrogen-bond donors (Lipinski definition) is 0. The Bertz CT molecular complexity index is 182. The van der Waals surface area contributed by atoms with Gasteiger partial charge in [0.25, 0.3) is 0 Å². The van der Waals surface area contributed by atoms with Gasteiger partial charge < -0.3 is 0 Å². The number of halogens is 2. The molecular formula is C10H16I2. The highest BCUT2D eigenvalue weighted by molar-refractivity contribution is 14.1. The molecule has 70 valence electrons. The maximum atomic E-state index is 2.63. The first-order valence-electron chi connectivity index (χ1n) is 4.47. The van der Waals surface area contributed by atoms with Crippen LogP contribution in [0.2, 0.25) is 0 Å². The molecule has 0 nitrogen and oxygen atoms in total. The molecule has 0 saturated heterocycles. The van der Waals surface area contributed by atoms with Gasteiger partial charge in [0.1, 0.15) is 0 Å². The van der Waals surface area contributed by atoms with Crippen LogP contribution in [0.5, 0.6) is 0 Å². The molecule has 0 amide bonds. The maximum Gasteiger partial charge on any atom is 0.0314 e. The molecule has 0 aromatic heterocycles. The molecule has 12 heavy (non-hydrogen) atoms. The van der Waals surface area contributed by atoms with Crippen LogP contribution in [0.1, 0.15) is 33.1 Å². The first-order valence-corrected chi connectivity index (χ1v) is 7.07. The van der Waals surface area contributed by atoms with E-state index in [9.17, 15) is 0 Å². The largest absolute Gasteiger partial charge is 0.0853 e. The maximum absolute atomic E-state index is 2.63. The summed E-state index contributed by atoms with van der Waals surface area (Å²) in [5, 5.41) is 0. The summed E-state index contributed by atoms with van der Waals surface area (Å²) in [6, 6.07) is 0. The Labute approximate surface area is 103 Å². The molecule has 0 fully saturated rings. The monoisotopic (exact) mass is 390 g/mol. The third kappa shape index (κ3) is 2.86. The lowest BCUT2D eigenvalue weighted by Gasteiger charge is -2.33. The molecule has 0 heterocycles. The second kappa shape index (κ2) is 4.62. The molecular weight excluding hydrogens is 374 g/mol. The van der Waals surface area contributed by atoms with Gasteiger partial charge in [0.05, 0.1) is 0 Å². The van der Waals surface area contributed by atoms with Crippen LogP contribution in [0.15, 0.2) is 11.6 Å². The zero-order valence-electron chi connectivity index (χ0n) is 7.74. The second-order valence-corrected chi connectivity index (χ2v) is 7.16. The van der Waals surface area contributed by atoms with E-state index in [-0.39, 0.29) is 0 Å². The molecule has 2 unspecified atom stereocenters. The third-order valence-corrected chi connectivity index (χ3v) is 7.06.